The third-order valence-electron chi connectivity index (χ3n) is 3.15. The number of amides is 2. The average molecular weight is 488 g/mol. The normalized spacial score (nSPS) is 11.1. The number of alkyl halides is 4. The zero-order valence-corrected chi connectivity index (χ0v) is 17.8. The number of nitrogens with one attached hydrogen (secondary N) is 2. The third kappa shape index (κ3) is 12.3. The predicted octanol–water partition coefficient (Wildman–Crippen LogP) is 1.88. The average Bonchev–Trinajstić information content (AvgIpc) is 2.71. The first-order valence-corrected chi connectivity index (χ1v) is 9.05. The molecule has 0 spiro atoms. The molecule has 0 aliphatic carbocycles. The Bertz CT molecular complexity index is 744. The molecule has 0 radical (unpaired) electrons. The van der Waals surface area contributed by atoms with Crippen LogP contribution in [-0.2, 0) is 33.3 Å². The Labute approximate surface area is 186 Å². The van der Waals surface area contributed by atoms with Crippen LogP contribution in [0.25, 0.3) is 0 Å². The standard InChI is InChI=1S/C18H24F4N2O9/c1-11(2)13(25)29-7-5-23-15(27)31-9-17(19,20)18(21,22)33-10-32-16(28)24-6-8-30-14(26)12(3)4/h1,3,5-10H2,2,4H3,(H,23,27)(H,24,28). The van der Waals surface area contributed by atoms with Crippen molar-refractivity contribution >= 4 is 24.1 Å². The summed E-state index contributed by atoms with van der Waals surface area (Å²) in [5.74, 6) is -6.46. The largest absolute Gasteiger partial charge is 0.460 e. The van der Waals surface area contributed by atoms with Crippen LogP contribution in [0.5, 0.6) is 0 Å². The number of hydrogen-bond acceptors (Lipinski definition) is 9. The van der Waals surface area contributed by atoms with Crippen molar-refractivity contribution in [1.82, 2.24) is 10.6 Å². The van der Waals surface area contributed by atoms with E-state index in [1.54, 1.807) is 0 Å². The minimum absolute atomic E-state index is 0.0880. The molecule has 0 atom stereocenters. The van der Waals surface area contributed by atoms with E-state index < -0.39 is 49.6 Å². The number of alkyl carbamates (subject to hydrolysis) is 2. The summed E-state index contributed by atoms with van der Waals surface area (Å²) < 4.78 is 75.1. The second-order valence-electron chi connectivity index (χ2n) is 6.18. The van der Waals surface area contributed by atoms with E-state index in [9.17, 15) is 36.7 Å². The molecule has 15 heteroatoms. The fraction of sp³-hybridized carbons (Fsp3) is 0.556. The van der Waals surface area contributed by atoms with Gasteiger partial charge < -0.3 is 29.6 Å². The maximum atomic E-state index is 13.6. The second kappa shape index (κ2) is 13.9. The van der Waals surface area contributed by atoms with Crippen molar-refractivity contribution in [3.63, 3.8) is 0 Å². The molecule has 11 nitrogen and oxygen atoms in total. The van der Waals surface area contributed by atoms with Gasteiger partial charge in [-0.25, -0.2) is 19.2 Å². The molecule has 0 heterocycles. The van der Waals surface area contributed by atoms with Crippen LogP contribution in [0.3, 0.4) is 0 Å². The molecule has 33 heavy (non-hydrogen) atoms. The number of esters is 2. The number of halogens is 4. The molecule has 0 saturated heterocycles. The maximum Gasteiger partial charge on any atom is 0.425 e. The molecular weight excluding hydrogens is 464 g/mol. The van der Waals surface area contributed by atoms with Gasteiger partial charge in [0.25, 0.3) is 0 Å². The fourth-order valence-electron chi connectivity index (χ4n) is 1.44. The molecule has 0 aromatic carbocycles. The molecule has 0 aromatic rings. The molecule has 0 fully saturated rings. The number of carbonyl (C=O) groups excluding carboxylic acids is 4. The summed E-state index contributed by atoms with van der Waals surface area (Å²) in [6, 6.07) is 0. The molecule has 0 unspecified atom stereocenters. The summed E-state index contributed by atoms with van der Waals surface area (Å²) in [6.45, 7) is 4.51. The highest BCUT2D eigenvalue weighted by Gasteiger charge is 2.59. The van der Waals surface area contributed by atoms with Crippen LogP contribution >= 0.6 is 0 Å². The van der Waals surface area contributed by atoms with Crippen LogP contribution in [0, 0.1) is 0 Å². The lowest BCUT2D eigenvalue weighted by molar-refractivity contribution is -0.367. The lowest BCUT2D eigenvalue weighted by Crippen LogP contribution is -2.48. The lowest BCUT2D eigenvalue weighted by atomic mass is 10.3. The first-order valence-electron chi connectivity index (χ1n) is 9.05. The summed E-state index contributed by atoms with van der Waals surface area (Å²) in [7, 11) is 0. The van der Waals surface area contributed by atoms with Crippen LogP contribution in [0.4, 0.5) is 27.2 Å². The van der Waals surface area contributed by atoms with Crippen LogP contribution in [0.1, 0.15) is 13.8 Å². The van der Waals surface area contributed by atoms with Crippen LogP contribution < -0.4 is 10.6 Å². The molecule has 0 aliphatic rings. The van der Waals surface area contributed by atoms with E-state index in [0.29, 0.717) is 0 Å². The van der Waals surface area contributed by atoms with Gasteiger partial charge in [-0.1, -0.05) is 13.2 Å². The summed E-state index contributed by atoms with van der Waals surface area (Å²) >= 11 is 0. The molecular formula is C18H24F4N2O9. The zero-order chi connectivity index (χ0) is 25.7. The number of rotatable bonds is 14. The minimum Gasteiger partial charge on any atom is -0.460 e. The van der Waals surface area contributed by atoms with Crippen molar-refractivity contribution in [2.75, 3.05) is 39.7 Å². The van der Waals surface area contributed by atoms with Crippen molar-refractivity contribution in [3.8, 4) is 0 Å². The van der Waals surface area contributed by atoms with E-state index >= 15 is 0 Å². The minimum atomic E-state index is -5.17. The second-order valence-corrected chi connectivity index (χ2v) is 6.18. The summed E-state index contributed by atoms with van der Waals surface area (Å²) in [4.78, 5) is 44.7. The number of ether oxygens (including phenoxy) is 5. The van der Waals surface area contributed by atoms with E-state index in [-0.39, 0.29) is 37.4 Å². The quantitative estimate of drug-likeness (QED) is 0.0937. The van der Waals surface area contributed by atoms with Gasteiger partial charge in [-0.05, 0) is 13.8 Å². The predicted molar refractivity (Wildman–Crippen MR) is 101 cm³/mol. The van der Waals surface area contributed by atoms with Gasteiger partial charge in [-0.3, -0.25) is 4.74 Å². The first-order chi connectivity index (χ1) is 15.2. The Morgan fingerprint density at radius 2 is 1.18 bits per heavy atom. The highest BCUT2D eigenvalue weighted by molar-refractivity contribution is 5.87. The fourth-order valence-corrected chi connectivity index (χ4v) is 1.44. The first kappa shape index (κ1) is 29.6. The van der Waals surface area contributed by atoms with Gasteiger partial charge in [0.1, 0.15) is 13.2 Å². The Balaban J connectivity index is 4.21. The van der Waals surface area contributed by atoms with E-state index in [0.717, 1.165) is 0 Å². The van der Waals surface area contributed by atoms with Crippen LogP contribution in [0.2, 0.25) is 0 Å². The Hall–Kier alpha value is -3.36. The van der Waals surface area contributed by atoms with Crippen molar-refractivity contribution in [2.45, 2.75) is 25.9 Å². The molecule has 2 N–H and O–H groups in total. The van der Waals surface area contributed by atoms with Gasteiger partial charge in [-0.2, -0.15) is 17.6 Å². The van der Waals surface area contributed by atoms with E-state index in [2.05, 4.69) is 36.8 Å². The highest BCUT2D eigenvalue weighted by atomic mass is 19.3. The molecule has 0 bridgehead atoms. The van der Waals surface area contributed by atoms with Gasteiger partial charge in [0, 0.05) is 11.1 Å². The van der Waals surface area contributed by atoms with Crippen molar-refractivity contribution in [1.29, 1.82) is 0 Å². The smallest absolute Gasteiger partial charge is 0.425 e. The van der Waals surface area contributed by atoms with E-state index in [4.69, 9.17) is 0 Å². The molecule has 0 aliphatic heterocycles. The molecule has 0 rings (SSSR count). The lowest BCUT2D eigenvalue weighted by Gasteiger charge is -2.25. The van der Waals surface area contributed by atoms with Gasteiger partial charge in [0.15, 0.2) is 6.61 Å². The van der Waals surface area contributed by atoms with Gasteiger partial charge in [-0.15, -0.1) is 0 Å². The topological polar surface area (TPSA) is 138 Å². The SMILES string of the molecule is C=C(C)C(=O)OCCNC(=O)OCOC(F)(F)C(F)(F)COC(=O)NCCOC(=O)C(=C)C. The van der Waals surface area contributed by atoms with Crippen molar-refractivity contribution < 1.29 is 60.4 Å². The third-order valence-corrected chi connectivity index (χ3v) is 3.15. The van der Waals surface area contributed by atoms with E-state index in [1.165, 1.54) is 13.8 Å². The summed E-state index contributed by atoms with van der Waals surface area (Å²) in [5.41, 5.74) is 0.199. The summed E-state index contributed by atoms with van der Waals surface area (Å²) in [5, 5.41) is 3.88. The van der Waals surface area contributed by atoms with Crippen molar-refractivity contribution in [3.05, 3.63) is 24.3 Å². The number of carbonyl (C=O) groups is 4. The van der Waals surface area contributed by atoms with Gasteiger partial charge in [0.05, 0.1) is 13.1 Å². The number of hydrogen-bond donors (Lipinski definition) is 2. The highest BCUT2D eigenvalue weighted by Crippen LogP contribution is 2.35. The molecule has 188 valence electrons. The Morgan fingerprint density at radius 3 is 1.61 bits per heavy atom. The van der Waals surface area contributed by atoms with Crippen LogP contribution in [-0.4, -0.2) is 75.9 Å². The van der Waals surface area contributed by atoms with Gasteiger partial charge in [0.2, 0.25) is 6.79 Å². The monoisotopic (exact) mass is 488 g/mol. The van der Waals surface area contributed by atoms with E-state index in [1.807, 2.05) is 10.6 Å². The summed E-state index contributed by atoms with van der Waals surface area (Å²) in [6.07, 6.45) is -7.97. The van der Waals surface area contributed by atoms with Gasteiger partial charge >= 0.3 is 36.2 Å². The van der Waals surface area contributed by atoms with Crippen molar-refractivity contribution in [2.24, 2.45) is 0 Å². The maximum absolute atomic E-state index is 13.6. The van der Waals surface area contributed by atoms with Crippen LogP contribution in [0.15, 0.2) is 24.3 Å². The Kier molecular flexibility index (Phi) is 12.5. The Morgan fingerprint density at radius 1 is 0.758 bits per heavy atom. The molecule has 0 aromatic heterocycles. The zero-order valence-electron chi connectivity index (χ0n) is 17.8. The molecule has 2 amide bonds. The molecule has 0 saturated carbocycles.